The standard InChI is InChI=1S/C14H20N2O/c1-2-9-16-10-6-13(7-11-16)15-8-5-14-4-3-12-17-14/h1,3-4,12-13,15H,5-11H2. The summed E-state index contributed by atoms with van der Waals surface area (Å²) in [6.45, 7) is 4.01. The number of terminal acetylenes is 1. The van der Waals surface area contributed by atoms with Gasteiger partial charge in [-0.2, -0.15) is 0 Å². The van der Waals surface area contributed by atoms with Gasteiger partial charge < -0.3 is 9.73 Å². The van der Waals surface area contributed by atoms with E-state index in [-0.39, 0.29) is 0 Å². The molecule has 1 N–H and O–H groups in total. The van der Waals surface area contributed by atoms with Crippen molar-refractivity contribution >= 4 is 0 Å². The van der Waals surface area contributed by atoms with E-state index >= 15 is 0 Å². The summed E-state index contributed by atoms with van der Waals surface area (Å²) in [4.78, 5) is 2.34. The number of hydrogen-bond donors (Lipinski definition) is 1. The molecule has 0 aliphatic carbocycles. The van der Waals surface area contributed by atoms with E-state index in [0.717, 1.165) is 38.4 Å². The molecular weight excluding hydrogens is 212 g/mol. The molecule has 0 saturated carbocycles. The van der Waals surface area contributed by atoms with Gasteiger partial charge in [0.1, 0.15) is 5.76 Å². The molecule has 1 aromatic heterocycles. The van der Waals surface area contributed by atoms with Gasteiger partial charge in [-0.15, -0.1) is 6.42 Å². The summed E-state index contributed by atoms with van der Waals surface area (Å²) in [5.41, 5.74) is 0. The minimum Gasteiger partial charge on any atom is -0.469 e. The van der Waals surface area contributed by atoms with E-state index in [2.05, 4.69) is 16.1 Å². The molecule has 1 aliphatic heterocycles. The molecule has 0 radical (unpaired) electrons. The second kappa shape index (κ2) is 6.48. The first-order chi connectivity index (χ1) is 8.38. The van der Waals surface area contributed by atoms with Crippen molar-refractivity contribution < 1.29 is 4.42 Å². The molecule has 1 saturated heterocycles. The Morgan fingerprint density at radius 3 is 2.94 bits per heavy atom. The molecule has 0 aromatic carbocycles. The van der Waals surface area contributed by atoms with Crippen LogP contribution in [0.1, 0.15) is 18.6 Å². The number of rotatable bonds is 5. The lowest BCUT2D eigenvalue weighted by atomic mass is 10.0. The van der Waals surface area contributed by atoms with Crippen LogP contribution in [0.5, 0.6) is 0 Å². The van der Waals surface area contributed by atoms with Gasteiger partial charge in [-0.05, 0) is 25.0 Å². The summed E-state index contributed by atoms with van der Waals surface area (Å²) in [5, 5.41) is 3.58. The van der Waals surface area contributed by atoms with E-state index in [0.29, 0.717) is 6.04 Å². The molecule has 2 heterocycles. The van der Waals surface area contributed by atoms with Crippen LogP contribution in [-0.2, 0) is 6.42 Å². The van der Waals surface area contributed by atoms with E-state index in [1.54, 1.807) is 6.26 Å². The van der Waals surface area contributed by atoms with Gasteiger partial charge in [-0.3, -0.25) is 4.90 Å². The second-order valence-corrected chi connectivity index (χ2v) is 4.54. The summed E-state index contributed by atoms with van der Waals surface area (Å²) >= 11 is 0. The predicted molar refractivity (Wildman–Crippen MR) is 68.7 cm³/mol. The van der Waals surface area contributed by atoms with E-state index in [4.69, 9.17) is 10.8 Å². The van der Waals surface area contributed by atoms with Crippen LogP contribution >= 0.6 is 0 Å². The van der Waals surface area contributed by atoms with Crippen molar-refractivity contribution in [3.8, 4) is 12.3 Å². The van der Waals surface area contributed by atoms with Gasteiger partial charge in [0.05, 0.1) is 12.8 Å². The molecule has 92 valence electrons. The van der Waals surface area contributed by atoms with Crippen LogP contribution in [0.15, 0.2) is 22.8 Å². The highest BCUT2D eigenvalue weighted by molar-refractivity contribution is 4.98. The van der Waals surface area contributed by atoms with Crippen LogP contribution < -0.4 is 5.32 Å². The maximum atomic E-state index is 5.31. The molecule has 0 atom stereocenters. The van der Waals surface area contributed by atoms with Crippen LogP contribution in [-0.4, -0.2) is 37.1 Å². The van der Waals surface area contributed by atoms with Crippen molar-refractivity contribution in [1.82, 2.24) is 10.2 Å². The highest BCUT2D eigenvalue weighted by Crippen LogP contribution is 2.09. The number of likely N-dealkylation sites (tertiary alicyclic amines) is 1. The minimum absolute atomic E-state index is 0.638. The Labute approximate surface area is 103 Å². The molecule has 3 heteroatoms. The van der Waals surface area contributed by atoms with Gasteiger partial charge in [0.2, 0.25) is 0 Å². The first-order valence-electron chi connectivity index (χ1n) is 6.30. The summed E-state index contributed by atoms with van der Waals surface area (Å²) in [6, 6.07) is 4.60. The SMILES string of the molecule is C#CCN1CCC(NCCc2ccco2)CC1. The quantitative estimate of drug-likeness (QED) is 0.780. The van der Waals surface area contributed by atoms with Crippen LogP contribution in [0.25, 0.3) is 0 Å². The monoisotopic (exact) mass is 232 g/mol. The number of hydrogen-bond acceptors (Lipinski definition) is 3. The first-order valence-corrected chi connectivity index (χ1v) is 6.30. The summed E-state index contributed by atoms with van der Waals surface area (Å²) in [7, 11) is 0. The molecule has 2 rings (SSSR count). The van der Waals surface area contributed by atoms with E-state index in [1.165, 1.54) is 12.8 Å². The lowest BCUT2D eigenvalue weighted by Crippen LogP contribution is -2.43. The highest BCUT2D eigenvalue weighted by Gasteiger charge is 2.17. The zero-order valence-electron chi connectivity index (χ0n) is 10.2. The van der Waals surface area contributed by atoms with Crippen LogP contribution in [0.3, 0.4) is 0 Å². The number of piperidine rings is 1. The fourth-order valence-corrected chi connectivity index (χ4v) is 2.28. The number of nitrogens with one attached hydrogen (secondary N) is 1. The van der Waals surface area contributed by atoms with E-state index in [9.17, 15) is 0 Å². The normalized spacial score (nSPS) is 18.1. The van der Waals surface area contributed by atoms with E-state index < -0.39 is 0 Å². The van der Waals surface area contributed by atoms with Crippen LogP contribution in [0, 0.1) is 12.3 Å². The maximum absolute atomic E-state index is 5.31. The lowest BCUT2D eigenvalue weighted by molar-refractivity contribution is 0.218. The molecule has 0 spiro atoms. The van der Waals surface area contributed by atoms with Gasteiger partial charge in [-0.1, -0.05) is 5.92 Å². The Morgan fingerprint density at radius 2 is 2.29 bits per heavy atom. The van der Waals surface area contributed by atoms with E-state index in [1.807, 2.05) is 12.1 Å². The fourth-order valence-electron chi connectivity index (χ4n) is 2.28. The van der Waals surface area contributed by atoms with Crippen molar-refractivity contribution in [3.63, 3.8) is 0 Å². The van der Waals surface area contributed by atoms with Crippen molar-refractivity contribution in [1.29, 1.82) is 0 Å². The maximum Gasteiger partial charge on any atom is 0.105 e. The fraction of sp³-hybridized carbons (Fsp3) is 0.571. The van der Waals surface area contributed by atoms with Crippen molar-refractivity contribution in [2.24, 2.45) is 0 Å². The minimum atomic E-state index is 0.638. The molecular formula is C14H20N2O. The van der Waals surface area contributed by atoms with Gasteiger partial charge in [0, 0.05) is 32.1 Å². The molecule has 3 nitrogen and oxygen atoms in total. The molecule has 0 unspecified atom stereocenters. The third-order valence-electron chi connectivity index (χ3n) is 3.29. The largest absolute Gasteiger partial charge is 0.469 e. The summed E-state index contributed by atoms with van der Waals surface area (Å²) < 4.78 is 5.30. The topological polar surface area (TPSA) is 28.4 Å². The average molecular weight is 232 g/mol. The van der Waals surface area contributed by atoms with Crippen LogP contribution in [0.4, 0.5) is 0 Å². The Morgan fingerprint density at radius 1 is 1.47 bits per heavy atom. The smallest absolute Gasteiger partial charge is 0.105 e. The molecule has 17 heavy (non-hydrogen) atoms. The third-order valence-corrected chi connectivity index (χ3v) is 3.29. The highest BCUT2D eigenvalue weighted by atomic mass is 16.3. The Kier molecular flexibility index (Phi) is 4.66. The molecule has 0 bridgehead atoms. The zero-order chi connectivity index (χ0) is 11.9. The van der Waals surface area contributed by atoms with Crippen LogP contribution in [0.2, 0.25) is 0 Å². The Hall–Kier alpha value is -1.24. The summed E-state index contributed by atoms with van der Waals surface area (Å²) in [5.74, 6) is 3.76. The van der Waals surface area contributed by atoms with Gasteiger partial charge in [0.25, 0.3) is 0 Å². The molecule has 1 aromatic rings. The van der Waals surface area contributed by atoms with Crippen molar-refractivity contribution in [2.45, 2.75) is 25.3 Å². The lowest BCUT2D eigenvalue weighted by Gasteiger charge is -2.31. The number of furan rings is 1. The molecule has 0 amide bonds. The van der Waals surface area contributed by atoms with Gasteiger partial charge in [0.15, 0.2) is 0 Å². The summed E-state index contributed by atoms with van der Waals surface area (Å²) in [6.07, 6.45) is 10.4. The van der Waals surface area contributed by atoms with Gasteiger partial charge >= 0.3 is 0 Å². The Bertz CT molecular complexity index is 345. The van der Waals surface area contributed by atoms with Crippen molar-refractivity contribution in [3.05, 3.63) is 24.2 Å². The van der Waals surface area contributed by atoms with Gasteiger partial charge in [-0.25, -0.2) is 0 Å². The van der Waals surface area contributed by atoms with Crippen molar-refractivity contribution in [2.75, 3.05) is 26.2 Å². The molecule has 1 fully saturated rings. The third kappa shape index (κ3) is 3.92. The second-order valence-electron chi connectivity index (χ2n) is 4.54. The zero-order valence-corrected chi connectivity index (χ0v) is 10.2. The molecule has 1 aliphatic rings. The average Bonchev–Trinajstić information content (AvgIpc) is 2.85. The number of nitrogens with zero attached hydrogens (tertiary/aromatic N) is 1. The predicted octanol–water partition coefficient (Wildman–Crippen LogP) is 1.51. The Balaban J connectivity index is 1.60. The first kappa shape index (κ1) is 12.2.